The summed E-state index contributed by atoms with van der Waals surface area (Å²) in [6.45, 7) is 4.21. The molecule has 98 valence electrons. The average Bonchev–Trinajstić information content (AvgIpc) is 2.54. The van der Waals surface area contributed by atoms with Crippen LogP contribution in [0, 0.1) is 0 Å². The van der Waals surface area contributed by atoms with Crippen LogP contribution in [0.2, 0.25) is 0 Å². The van der Waals surface area contributed by atoms with E-state index in [0.29, 0.717) is 6.54 Å². The van der Waals surface area contributed by atoms with Crippen LogP contribution in [0.1, 0.15) is 19.4 Å². The highest BCUT2D eigenvalue weighted by Gasteiger charge is 2.47. The molecule has 0 aromatic heterocycles. The lowest BCUT2D eigenvalue weighted by Gasteiger charge is -2.28. The minimum atomic E-state index is -0.746. The maximum Gasteiger partial charge on any atom is 0.257 e. The molecule has 1 aliphatic heterocycles. The topological polar surface area (TPSA) is 32.8 Å². The number of amides is 1. The van der Waals surface area contributed by atoms with Gasteiger partial charge < -0.3 is 4.74 Å². The minimum Gasteiger partial charge on any atom is -0.329 e. The number of ether oxygens (including phenoxy) is 1. The van der Waals surface area contributed by atoms with Gasteiger partial charge in [0, 0.05) is 6.54 Å². The monoisotopic (exact) mass is 248 g/mol. The van der Waals surface area contributed by atoms with Crippen LogP contribution in [0.15, 0.2) is 30.3 Å². The van der Waals surface area contributed by atoms with Gasteiger partial charge in [0.2, 0.25) is 0 Å². The van der Waals surface area contributed by atoms with Gasteiger partial charge in [0.1, 0.15) is 5.60 Å². The maximum absolute atomic E-state index is 12.3. The molecule has 1 unspecified atom stereocenters. The van der Waals surface area contributed by atoms with E-state index in [0.717, 1.165) is 5.56 Å². The number of nitrogens with zero attached hydrogens (tertiary/aromatic N) is 2. The Balaban J connectivity index is 2.21. The molecule has 1 heterocycles. The highest BCUT2D eigenvalue weighted by molar-refractivity contribution is 5.86. The zero-order valence-electron chi connectivity index (χ0n) is 11.4. The number of benzene rings is 1. The number of carbonyl (C=O) groups is 1. The molecule has 4 nitrogen and oxygen atoms in total. The largest absolute Gasteiger partial charge is 0.329 e. The Morgan fingerprint density at radius 2 is 1.89 bits per heavy atom. The lowest BCUT2D eigenvalue weighted by Crippen LogP contribution is -2.42. The third kappa shape index (κ3) is 2.40. The molecular formula is C14H20N2O2. The third-order valence-electron chi connectivity index (χ3n) is 3.08. The molecule has 0 N–H and O–H groups in total. The highest BCUT2D eigenvalue weighted by atomic mass is 16.6. The van der Waals surface area contributed by atoms with E-state index in [1.165, 1.54) is 0 Å². The van der Waals surface area contributed by atoms with Gasteiger partial charge in [0.05, 0.1) is 0 Å². The maximum atomic E-state index is 12.3. The molecule has 0 aliphatic carbocycles. The molecule has 2 rings (SSSR count). The summed E-state index contributed by atoms with van der Waals surface area (Å²) in [7, 11) is 3.83. The van der Waals surface area contributed by atoms with Crippen molar-refractivity contribution in [2.24, 2.45) is 0 Å². The minimum absolute atomic E-state index is 0.0325. The molecule has 1 fully saturated rings. The molecule has 1 amide bonds. The summed E-state index contributed by atoms with van der Waals surface area (Å²) in [4.78, 5) is 16.0. The number of carbonyl (C=O) groups excluding carboxylic acids is 1. The van der Waals surface area contributed by atoms with Crippen molar-refractivity contribution in [1.82, 2.24) is 9.80 Å². The molecule has 0 spiro atoms. The zero-order valence-corrected chi connectivity index (χ0v) is 11.4. The number of rotatable bonds is 3. The molecule has 1 aliphatic rings. The van der Waals surface area contributed by atoms with Gasteiger partial charge in [-0.1, -0.05) is 30.3 Å². The van der Waals surface area contributed by atoms with E-state index in [1.807, 2.05) is 63.2 Å². The Morgan fingerprint density at radius 3 is 2.44 bits per heavy atom. The van der Waals surface area contributed by atoms with Crippen molar-refractivity contribution in [3.05, 3.63) is 35.9 Å². The summed E-state index contributed by atoms with van der Waals surface area (Å²) in [5.74, 6) is 0.0325. The molecule has 1 saturated heterocycles. The zero-order chi connectivity index (χ0) is 13.3. The van der Waals surface area contributed by atoms with Crippen molar-refractivity contribution < 1.29 is 9.53 Å². The van der Waals surface area contributed by atoms with Crippen LogP contribution >= 0.6 is 0 Å². The van der Waals surface area contributed by atoms with E-state index in [2.05, 4.69) is 0 Å². The van der Waals surface area contributed by atoms with Crippen molar-refractivity contribution in [3.63, 3.8) is 0 Å². The van der Waals surface area contributed by atoms with E-state index in [9.17, 15) is 4.79 Å². The van der Waals surface area contributed by atoms with Gasteiger partial charge in [-0.15, -0.1) is 0 Å². The second-order valence-electron chi connectivity index (χ2n) is 5.34. The van der Waals surface area contributed by atoms with Crippen LogP contribution in [-0.2, 0) is 16.1 Å². The summed E-state index contributed by atoms with van der Waals surface area (Å²) in [6, 6.07) is 9.97. The molecule has 0 bridgehead atoms. The summed E-state index contributed by atoms with van der Waals surface area (Å²) in [6.07, 6.45) is -0.298. The molecule has 1 aromatic carbocycles. The van der Waals surface area contributed by atoms with Gasteiger partial charge in [-0.25, -0.2) is 0 Å². The molecule has 18 heavy (non-hydrogen) atoms. The van der Waals surface area contributed by atoms with Crippen LogP contribution in [0.5, 0.6) is 0 Å². The molecule has 0 radical (unpaired) electrons. The van der Waals surface area contributed by atoms with Crippen molar-refractivity contribution in [2.75, 3.05) is 14.1 Å². The first-order chi connectivity index (χ1) is 8.42. The summed E-state index contributed by atoms with van der Waals surface area (Å²) >= 11 is 0. The molecule has 1 aromatic rings. The first kappa shape index (κ1) is 13.1. The molecule has 1 atom stereocenters. The second kappa shape index (κ2) is 4.71. The summed E-state index contributed by atoms with van der Waals surface area (Å²) < 4.78 is 5.81. The molecule has 4 heteroatoms. The van der Waals surface area contributed by atoms with E-state index in [4.69, 9.17) is 4.74 Å². The van der Waals surface area contributed by atoms with Crippen LogP contribution in [-0.4, -0.2) is 41.8 Å². The van der Waals surface area contributed by atoms with E-state index >= 15 is 0 Å². The lowest BCUT2D eigenvalue weighted by molar-refractivity contribution is -0.134. The van der Waals surface area contributed by atoms with Gasteiger partial charge in [-0.2, -0.15) is 0 Å². The van der Waals surface area contributed by atoms with Crippen LogP contribution in [0.25, 0.3) is 0 Å². The van der Waals surface area contributed by atoms with Gasteiger partial charge in [-0.05, 0) is 33.5 Å². The first-order valence-electron chi connectivity index (χ1n) is 6.11. The van der Waals surface area contributed by atoms with Gasteiger partial charge in [0.25, 0.3) is 5.91 Å². The SMILES string of the molecule is CN(C)C1OC(C)(C)C(=O)N1Cc1ccccc1. The quantitative estimate of drug-likeness (QED) is 0.815. The summed E-state index contributed by atoms with van der Waals surface area (Å²) in [5.41, 5.74) is 0.364. The van der Waals surface area contributed by atoms with Crippen molar-refractivity contribution in [3.8, 4) is 0 Å². The summed E-state index contributed by atoms with van der Waals surface area (Å²) in [5, 5.41) is 0. The van der Waals surface area contributed by atoms with Crippen LogP contribution in [0.3, 0.4) is 0 Å². The Hall–Kier alpha value is -1.39. The normalized spacial score (nSPS) is 22.8. The number of hydrogen-bond donors (Lipinski definition) is 0. The molecule has 0 saturated carbocycles. The predicted octanol–water partition coefficient (Wildman–Crippen LogP) is 1.67. The van der Waals surface area contributed by atoms with Crippen molar-refractivity contribution in [1.29, 1.82) is 0 Å². The molecular weight excluding hydrogens is 228 g/mol. The van der Waals surface area contributed by atoms with Crippen LogP contribution < -0.4 is 0 Å². The second-order valence-corrected chi connectivity index (χ2v) is 5.34. The van der Waals surface area contributed by atoms with Crippen molar-refractivity contribution in [2.45, 2.75) is 32.3 Å². The first-order valence-corrected chi connectivity index (χ1v) is 6.11. The van der Waals surface area contributed by atoms with E-state index in [-0.39, 0.29) is 12.3 Å². The van der Waals surface area contributed by atoms with Gasteiger partial charge >= 0.3 is 0 Å². The highest BCUT2D eigenvalue weighted by Crippen LogP contribution is 2.29. The van der Waals surface area contributed by atoms with Gasteiger partial charge in [0.15, 0.2) is 6.35 Å². The third-order valence-corrected chi connectivity index (χ3v) is 3.08. The predicted molar refractivity (Wildman–Crippen MR) is 69.6 cm³/mol. The van der Waals surface area contributed by atoms with Crippen LogP contribution in [0.4, 0.5) is 0 Å². The van der Waals surface area contributed by atoms with Gasteiger partial charge in [-0.3, -0.25) is 14.6 Å². The van der Waals surface area contributed by atoms with Crippen molar-refractivity contribution >= 4 is 5.91 Å². The average molecular weight is 248 g/mol. The number of hydrogen-bond acceptors (Lipinski definition) is 3. The lowest BCUT2D eigenvalue weighted by atomic mass is 10.1. The Kier molecular flexibility index (Phi) is 3.41. The fourth-order valence-electron chi connectivity index (χ4n) is 2.14. The van der Waals surface area contributed by atoms with E-state index in [1.54, 1.807) is 4.90 Å². The Bertz CT molecular complexity index is 429. The fraction of sp³-hybridized carbons (Fsp3) is 0.500. The smallest absolute Gasteiger partial charge is 0.257 e. The fourth-order valence-corrected chi connectivity index (χ4v) is 2.14. The Labute approximate surface area is 108 Å². The Morgan fingerprint density at radius 1 is 1.28 bits per heavy atom. The van der Waals surface area contributed by atoms with E-state index < -0.39 is 5.60 Å². The standard InChI is InChI=1S/C14H20N2O2/c1-14(2)12(17)16(13(18-14)15(3)4)10-11-8-6-5-7-9-11/h5-9,13H,10H2,1-4H3.